The Balaban J connectivity index is 1.74. The SMILES string of the molecule is Cc1cc([N+](=O)[O-])c(Cl)cc1NCC1(C2CC2)CC1. The number of rotatable bonds is 5. The molecular weight excluding hydrogens is 264 g/mol. The number of nitrogens with zero attached hydrogens (tertiary/aromatic N) is 1. The normalized spacial score (nSPS) is 20.1. The second-order valence-electron chi connectivity index (χ2n) is 5.87. The maximum atomic E-state index is 10.8. The standard InChI is InChI=1S/C14H17ClN2O2/c1-9-6-13(17(18)19)11(15)7-12(9)16-8-14(4-5-14)10-2-3-10/h6-7,10,16H,2-5,8H2,1H3. The van der Waals surface area contributed by atoms with Gasteiger partial charge < -0.3 is 5.32 Å². The number of aryl methyl sites for hydroxylation is 1. The second-order valence-corrected chi connectivity index (χ2v) is 6.27. The van der Waals surface area contributed by atoms with Crippen molar-refractivity contribution in [2.24, 2.45) is 11.3 Å². The number of halogens is 1. The zero-order chi connectivity index (χ0) is 13.6. The number of hydrogen-bond acceptors (Lipinski definition) is 3. The summed E-state index contributed by atoms with van der Waals surface area (Å²) in [4.78, 5) is 10.4. The lowest BCUT2D eigenvalue weighted by Crippen LogP contribution is -2.17. The predicted molar refractivity (Wildman–Crippen MR) is 75.7 cm³/mol. The molecule has 2 aliphatic carbocycles. The minimum Gasteiger partial charge on any atom is -0.384 e. The fourth-order valence-electron chi connectivity index (χ4n) is 2.85. The van der Waals surface area contributed by atoms with Crippen molar-refractivity contribution in [2.45, 2.75) is 32.6 Å². The lowest BCUT2D eigenvalue weighted by atomic mass is 10.0. The van der Waals surface area contributed by atoms with E-state index in [1.54, 1.807) is 12.1 Å². The highest BCUT2D eigenvalue weighted by Gasteiger charge is 2.53. The first-order chi connectivity index (χ1) is 9.02. The number of anilines is 1. The molecule has 0 heterocycles. The van der Waals surface area contributed by atoms with Gasteiger partial charge in [-0.15, -0.1) is 0 Å². The first-order valence-corrected chi connectivity index (χ1v) is 7.08. The van der Waals surface area contributed by atoms with Gasteiger partial charge in [0.1, 0.15) is 5.02 Å². The van der Waals surface area contributed by atoms with Crippen LogP contribution in [0.5, 0.6) is 0 Å². The lowest BCUT2D eigenvalue weighted by molar-refractivity contribution is -0.384. The molecule has 1 aromatic carbocycles. The maximum Gasteiger partial charge on any atom is 0.288 e. The summed E-state index contributed by atoms with van der Waals surface area (Å²) in [5, 5.41) is 14.5. The first kappa shape index (κ1) is 12.7. The quantitative estimate of drug-likeness (QED) is 0.651. The van der Waals surface area contributed by atoms with E-state index in [-0.39, 0.29) is 10.7 Å². The molecular formula is C14H17ClN2O2. The van der Waals surface area contributed by atoms with E-state index < -0.39 is 4.92 Å². The highest BCUT2D eigenvalue weighted by Crippen LogP contribution is 2.61. The molecule has 1 aromatic rings. The molecule has 0 unspecified atom stereocenters. The van der Waals surface area contributed by atoms with Crippen molar-refractivity contribution in [3.63, 3.8) is 0 Å². The van der Waals surface area contributed by atoms with Gasteiger partial charge in [0.15, 0.2) is 0 Å². The van der Waals surface area contributed by atoms with Gasteiger partial charge in [-0.1, -0.05) is 11.6 Å². The molecule has 102 valence electrons. The topological polar surface area (TPSA) is 55.2 Å². The van der Waals surface area contributed by atoms with Crippen LogP contribution >= 0.6 is 11.6 Å². The van der Waals surface area contributed by atoms with Crippen LogP contribution in [0.25, 0.3) is 0 Å². The van der Waals surface area contributed by atoms with Gasteiger partial charge in [0.2, 0.25) is 0 Å². The molecule has 0 bridgehead atoms. The summed E-state index contributed by atoms with van der Waals surface area (Å²) in [5.41, 5.74) is 2.28. The zero-order valence-corrected chi connectivity index (χ0v) is 11.7. The van der Waals surface area contributed by atoms with Crippen LogP contribution < -0.4 is 5.32 Å². The molecule has 0 radical (unpaired) electrons. The van der Waals surface area contributed by atoms with E-state index in [9.17, 15) is 10.1 Å². The van der Waals surface area contributed by atoms with Gasteiger partial charge in [0.05, 0.1) is 4.92 Å². The van der Waals surface area contributed by atoms with Gasteiger partial charge >= 0.3 is 0 Å². The zero-order valence-electron chi connectivity index (χ0n) is 10.9. The van der Waals surface area contributed by atoms with Crippen molar-refractivity contribution in [1.82, 2.24) is 0 Å². The van der Waals surface area contributed by atoms with Crippen LogP contribution in [-0.2, 0) is 0 Å². The first-order valence-electron chi connectivity index (χ1n) is 6.70. The third kappa shape index (κ3) is 2.41. The van der Waals surface area contributed by atoms with Gasteiger partial charge in [-0.3, -0.25) is 10.1 Å². The molecule has 2 fully saturated rings. The molecule has 0 amide bonds. The van der Waals surface area contributed by atoms with E-state index in [1.807, 2.05) is 6.92 Å². The van der Waals surface area contributed by atoms with Crippen molar-refractivity contribution in [2.75, 3.05) is 11.9 Å². The average Bonchev–Trinajstić information content (AvgIpc) is 3.22. The maximum absolute atomic E-state index is 10.8. The molecule has 1 N–H and O–H groups in total. The Morgan fingerprint density at radius 3 is 2.68 bits per heavy atom. The molecule has 3 rings (SSSR count). The number of nitro benzene ring substituents is 1. The smallest absolute Gasteiger partial charge is 0.288 e. The van der Waals surface area contributed by atoms with Gasteiger partial charge in [0.25, 0.3) is 5.69 Å². The van der Waals surface area contributed by atoms with Gasteiger partial charge in [0, 0.05) is 18.3 Å². The molecule has 4 nitrogen and oxygen atoms in total. The third-order valence-corrected chi connectivity index (χ3v) is 4.76. The summed E-state index contributed by atoms with van der Waals surface area (Å²) in [6.45, 7) is 2.84. The van der Waals surface area contributed by atoms with E-state index in [2.05, 4.69) is 5.32 Å². The van der Waals surface area contributed by atoms with Gasteiger partial charge in [-0.25, -0.2) is 0 Å². The van der Waals surface area contributed by atoms with Crippen LogP contribution in [-0.4, -0.2) is 11.5 Å². The minimum atomic E-state index is -0.439. The molecule has 0 aliphatic heterocycles. The molecule has 0 saturated heterocycles. The van der Waals surface area contributed by atoms with Crippen molar-refractivity contribution >= 4 is 23.0 Å². The number of nitro groups is 1. The van der Waals surface area contributed by atoms with Crippen LogP contribution in [0.2, 0.25) is 5.02 Å². The van der Waals surface area contributed by atoms with E-state index >= 15 is 0 Å². The summed E-state index contributed by atoms with van der Waals surface area (Å²) in [6.07, 6.45) is 5.35. The summed E-state index contributed by atoms with van der Waals surface area (Å²) in [6, 6.07) is 3.22. The van der Waals surface area contributed by atoms with Crippen LogP contribution in [0, 0.1) is 28.4 Å². The monoisotopic (exact) mass is 280 g/mol. The Morgan fingerprint density at radius 2 is 2.16 bits per heavy atom. The number of benzene rings is 1. The van der Waals surface area contributed by atoms with Gasteiger partial charge in [-0.2, -0.15) is 0 Å². The Labute approximate surface area is 117 Å². The van der Waals surface area contributed by atoms with E-state index in [1.165, 1.54) is 25.7 Å². The largest absolute Gasteiger partial charge is 0.384 e. The fraction of sp³-hybridized carbons (Fsp3) is 0.571. The van der Waals surface area contributed by atoms with Crippen molar-refractivity contribution in [3.05, 3.63) is 32.8 Å². The summed E-state index contributed by atoms with van der Waals surface area (Å²) in [7, 11) is 0. The molecule has 2 saturated carbocycles. The van der Waals surface area contributed by atoms with Crippen LogP contribution in [0.1, 0.15) is 31.2 Å². The van der Waals surface area contributed by atoms with Crippen LogP contribution in [0.4, 0.5) is 11.4 Å². The van der Waals surface area contributed by atoms with Crippen molar-refractivity contribution in [1.29, 1.82) is 0 Å². The minimum absolute atomic E-state index is 0.0203. The molecule has 0 aromatic heterocycles. The Bertz CT molecular complexity index is 536. The number of nitrogens with one attached hydrogen (secondary N) is 1. The Morgan fingerprint density at radius 1 is 1.47 bits per heavy atom. The summed E-state index contributed by atoms with van der Waals surface area (Å²) in [5.74, 6) is 0.897. The van der Waals surface area contributed by atoms with Crippen LogP contribution in [0.15, 0.2) is 12.1 Å². The summed E-state index contributed by atoms with van der Waals surface area (Å²) >= 11 is 5.96. The Kier molecular flexibility index (Phi) is 2.93. The van der Waals surface area contributed by atoms with Crippen molar-refractivity contribution < 1.29 is 4.92 Å². The summed E-state index contributed by atoms with van der Waals surface area (Å²) < 4.78 is 0. The lowest BCUT2D eigenvalue weighted by Gasteiger charge is -2.17. The molecule has 2 aliphatic rings. The number of hydrogen-bond donors (Lipinski definition) is 1. The molecule has 0 spiro atoms. The molecule has 0 atom stereocenters. The molecule has 19 heavy (non-hydrogen) atoms. The fourth-order valence-corrected chi connectivity index (χ4v) is 3.09. The van der Waals surface area contributed by atoms with E-state index in [4.69, 9.17) is 11.6 Å². The molecule has 5 heteroatoms. The predicted octanol–water partition coefficient (Wildman–Crippen LogP) is 4.16. The second kappa shape index (κ2) is 4.37. The van der Waals surface area contributed by atoms with Gasteiger partial charge in [-0.05, 0) is 55.6 Å². The van der Waals surface area contributed by atoms with E-state index in [0.717, 1.165) is 23.7 Å². The van der Waals surface area contributed by atoms with Crippen molar-refractivity contribution in [3.8, 4) is 0 Å². The Hall–Kier alpha value is -1.29. The van der Waals surface area contributed by atoms with E-state index in [0.29, 0.717) is 5.41 Å². The highest BCUT2D eigenvalue weighted by molar-refractivity contribution is 6.33. The third-order valence-electron chi connectivity index (χ3n) is 4.46. The highest BCUT2D eigenvalue weighted by atomic mass is 35.5. The average molecular weight is 281 g/mol. The van der Waals surface area contributed by atoms with Crippen LogP contribution in [0.3, 0.4) is 0 Å².